The molecule has 3 atom stereocenters. The fourth-order valence-electron chi connectivity index (χ4n) is 3.56. The summed E-state index contributed by atoms with van der Waals surface area (Å²) < 4.78 is 0. The summed E-state index contributed by atoms with van der Waals surface area (Å²) >= 11 is 0. The number of hydrogen-bond acceptors (Lipinski definition) is 2. The molecule has 1 saturated carbocycles. The van der Waals surface area contributed by atoms with Crippen LogP contribution >= 0.6 is 0 Å². The minimum Gasteiger partial charge on any atom is -0.328 e. The van der Waals surface area contributed by atoms with Gasteiger partial charge in [-0.25, -0.2) is 0 Å². The summed E-state index contributed by atoms with van der Waals surface area (Å²) in [6, 6.07) is 11.3. The van der Waals surface area contributed by atoms with E-state index in [2.05, 4.69) is 35.2 Å². The summed E-state index contributed by atoms with van der Waals surface area (Å²) in [5, 5.41) is 0. The standard InChI is InChI=1S/C15H22N2/c16-15-8-13-10-17(11-14(13)9-15)7-6-12-4-2-1-3-5-12/h1-5,13-15H,6-11,16H2/t13-,14+,15?. The van der Waals surface area contributed by atoms with Gasteiger partial charge in [-0.2, -0.15) is 0 Å². The Morgan fingerprint density at radius 1 is 1.06 bits per heavy atom. The second-order valence-corrected chi connectivity index (χ2v) is 5.75. The SMILES string of the molecule is NC1C[C@@H]2CN(CCc3ccccc3)C[C@@H]2C1. The molecule has 2 fully saturated rings. The van der Waals surface area contributed by atoms with E-state index in [1.54, 1.807) is 0 Å². The monoisotopic (exact) mass is 230 g/mol. The van der Waals surface area contributed by atoms with Crippen molar-refractivity contribution in [1.29, 1.82) is 0 Å². The van der Waals surface area contributed by atoms with Crippen molar-refractivity contribution in [3.05, 3.63) is 35.9 Å². The van der Waals surface area contributed by atoms with Crippen molar-refractivity contribution in [3.8, 4) is 0 Å². The summed E-state index contributed by atoms with van der Waals surface area (Å²) in [7, 11) is 0. The highest BCUT2D eigenvalue weighted by Gasteiger charge is 2.39. The van der Waals surface area contributed by atoms with Gasteiger partial charge in [-0.05, 0) is 36.7 Å². The Kier molecular flexibility index (Phi) is 3.17. The van der Waals surface area contributed by atoms with Gasteiger partial charge in [-0.1, -0.05) is 30.3 Å². The lowest BCUT2D eigenvalue weighted by molar-refractivity contribution is 0.311. The summed E-state index contributed by atoms with van der Waals surface area (Å²) in [5.74, 6) is 1.78. The lowest BCUT2D eigenvalue weighted by Crippen LogP contribution is -2.27. The number of nitrogens with zero attached hydrogens (tertiary/aromatic N) is 1. The average molecular weight is 230 g/mol. The van der Waals surface area contributed by atoms with Crippen LogP contribution in [0.3, 0.4) is 0 Å². The van der Waals surface area contributed by atoms with Gasteiger partial charge in [0.1, 0.15) is 0 Å². The van der Waals surface area contributed by atoms with Gasteiger partial charge in [0.15, 0.2) is 0 Å². The van der Waals surface area contributed by atoms with Crippen LogP contribution in [0.15, 0.2) is 30.3 Å². The van der Waals surface area contributed by atoms with Crippen molar-refractivity contribution in [2.75, 3.05) is 19.6 Å². The van der Waals surface area contributed by atoms with Crippen LogP contribution in [-0.4, -0.2) is 30.6 Å². The van der Waals surface area contributed by atoms with Crippen molar-refractivity contribution < 1.29 is 0 Å². The zero-order chi connectivity index (χ0) is 11.7. The van der Waals surface area contributed by atoms with Crippen molar-refractivity contribution in [2.45, 2.75) is 25.3 Å². The Labute approximate surface area is 104 Å². The topological polar surface area (TPSA) is 29.3 Å². The van der Waals surface area contributed by atoms with Gasteiger partial charge in [0.2, 0.25) is 0 Å². The molecule has 1 aromatic carbocycles. The Morgan fingerprint density at radius 3 is 2.35 bits per heavy atom. The van der Waals surface area contributed by atoms with E-state index in [0.717, 1.165) is 11.8 Å². The van der Waals surface area contributed by atoms with Crippen LogP contribution in [0.2, 0.25) is 0 Å². The number of fused-ring (bicyclic) bond motifs is 1. The molecule has 1 aliphatic heterocycles. The fourth-order valence-corrected chi connectivity index (χ4v) is 3.56. The fraction of sp³-hybridized carbons (Fsp3) is 0.600. The Hall–Kier alpha value is -0.860. The van der Waals surface area contributed by atoms with E-state index in [-0.39, 0.29) is 0 Å². The van der Waals surface area contributed by atoms with Crippen LogP contribution in [0.5, 0.6) is 0 Å². The summed E-state index contributed by atoms with van der Waals surface area (Å²) in [5.41, 5.74) is 7.48. The molecule has 0 radical (unpaired) electrons. The highest BCUT2D eigenvalue weighted by molar-refractivity contribution is 5.15. The second kappa shape index (κ2) is 4.79. The normalized spacial score (nSPS) is 32.9. The van der Waals surface area contributed by atoms with E-state index in [0.29, 0.717) is 6.04 Å². The van der Waals surface area contributed by atoms with Gasteiger partial charge >= 0.3 is 0 Å². The first kappa shape index (κ1) is 11.2. The molecule has 2 aliphatic rings. The Bertz CT molecular complexity index is 348. The summed E-state index contributed by atoms with van der Waals surface area (Å²) in [6.45, 7) is 3.78. The Morgan fingerprint density at radius 2 is 1.71 bits per heavy atom. The number of benzene rings is 1. The van der Waals surface area contributed by atoms with Crippen LogP contribution in [0, 0.1) is 11.8 Å². The minimum atomic E-state index is 0.487. The third-order valence-corrected chi connectivity index (χ3v) is 4.42. The molecule has 2 N–H and O–H groups in total. The molecule has 0 amide bonds. The second-order valence-electron chi connectivity index (χ2n) is 5.75. The molecular formula is C15H22N2. The predicted octanol–water partition coefficient (Wildman–Crippen LogP) is 1.90. The average Bonchev–Trinajstić information content (AvgIpc) is 2.84. The van der Waals surface area contributed by atoms with Crippen LogP contribution in [-0.2, 0) is 6.42 Å². The van der Waals surface area contributed by atoms with Crippen LogP contribution in [0.4, 0.5) is 0 Å². The van der Waals surface area contributed by atoms with Crippen molar-refractivity contribution in [3.63, 3.8) is 0 Å². The molecule has 1 saturated heterocycles. The first-order valence-corrected chi connectivity index (χ1v) is 6.83. The zero-order valence-corrected chi connectivity index (χ0v) is 10.4. The number of rotatable bonds is 3. The number of likely N-dealkylation sites (tertiary alicyclic amines) is 1. The number of hydrogen-bond donors (Lipinski definition) is 1. The highest BCUT2D eigenvalue weighted by atomic mass is 15.2. The number of nitrogens with two attached hydrogens (primary N) is 1. The van der Waals surface area contributed by atoms with E-state index in [1.165, 1.54) is 44.5 Å². The third kappa shape index (κ3) is 2.53. The quantitative estimate of drug-likeness (QED) is 0.859. The largest absolute Gasteiger partial charge is 0.328 e. The van der Waals surface area contributed by atoms with Gasteiger partial charge in [0.05, 0.1) is 0 Å². The predicted molar refractivity (Wildman–Crippen MR) is 70.8 cm³/mol. The molecule has 1 heterocycles. The van der Waals surface area contributed by atoms with E-state index in [1.807, 2.05) is 0 Å². The third-order valence-electron chi connectivity index (χ3n) is 4.42. The maximum Gasteiger partial charge on any atom is 0.00452 e. The first-order valence-electron chi connectivity index (χ1n) is 6.83. The molecule has 1 aliphatic carbocycles. The molecule has 0 spiro atoms. The molecule has 1 unspecified atom stereocenters. The smallest absolute Gasteiger partial charge is 0.00452 e. The van der Waals surface area contributed by atoms with Crippen molar-refractivity contribution in [1.82, 2.24) is 4.90 Å². The van der Waals surface area contributed by atoms with Crippen molar-refractivity contribution in [2.24, 2.45) is 17.6 Å². The molecular weight excluding hydrogens is 208 g/mol. The maximum atomic E-state index is 6.02. The zero-order valence-electron chi connectivity index (χ0n) is 10.4. The van der Waals surface area contributed by atoms with Gasteiger partial charge in [-0.3, -0.25) is 0 Å². The molecule has 3 rings (SSSR count). The van der Waals surface area contributed by atoms with Crippen LogP contribution in [0.1, 0.15) is 18.4 Å². The first-order chi connectivity index (χ1) is 8.31. The van der Waals surface area contributed by atoms with Crippen molar-refractivity contribution >= 4 is 0 Å². The maximum absolute atomic E-state index is 6.02. The highest BCUT2D eigenvalue weighted by Crippen LogP contribution is 2.37. The van der Waals surface area contributed by atoms with E-state index < -0.39 is 0 Å². The lowest BCUT2D eigenvalue weighted by atomic mass is 10.0. The molecule has 2 heteroatoms. The molecule has 92 valence electrons. The van der Waals surface area contributed by atoms with Gasteiger partial charge in [0, 0.05) is 25.7 Å². The molecule has 0 bridgehead atoms. The lowest BCUT2D eigenvalue weighted by Gasteiger charge is -2.17. The van der Waals surface area contributed by atoms with E-state index in [9.17, 15) is 0 Å². The summed E-state index contributed by atoms with van der Waals surface area (Å²) in [4.78, 5) is 2.63. The van der Waals surface area contributed by atoms with E-state index >= 15 is 0 Å². The van der Waals surface area contributed by atoms with Gasteiger partial charge < -0.3 is 10.6 Å². The van der Waals surface area contributed by atoms with Gasteiger partial charge in [0.25, 0.3) is 0 Å². The van der Waals surface area contributed by atoms with Crippen LogP contribution < -0.4 is 5.73 Å². The minimum absolute atomic E-state index is 0.487. The Balaban J connectivity index is 1.49. The van der Waals surface area contributed by atoms with Crippen LogP contribution in [0.25, 0.3) is 0 Å². The van der Waals surface area contributed by atoms with Gasteiger partial charge in [-0.15, -0.1) is 0 Å². The molecule has 17 heavy (non-hydrogen) atoms. The molecule has 2 nitrogen and oxygen atoms in total. The van der Waals surface area contributed by atoms with E-state index in [4.69, 9.17) is 5.73 Å². The summed E-state index contributed by atoms with van der Waals surface area (Å²) in [6.07, 6.45) is 3.70. The molecule has 1 aromatic rings. The molecule has 0 aromatic heterocycles.